The summed E-state index contributed by atoms with van der Waals surface area (Å²) in [6.07, 6.45) is 1.51. The van der Waals surface area contributed by atoms with Crippen molar-refractivity contribution >= 4 is 21.8 Å². The van der Waals surface area contributed by atoms with E-state index in [4.69, 9.17) is 4.74 Å². The molecule has 1 unspecified atom stereocenters. The Labute approximate surface area is 138 Å². The molecule has 0 spiro atoms. The molecular formula is C16H18BrN3O2. The predicted octanol–water partition coefficient (Wildman–Crippen LogP) is 2.97. The molecule has 5 nitrogen and oxygen atoms in total. The van der Waals surface area contributed by atoms with Crippen molar-refractivity contribution in [1.82, 2.24) is 15.6 Å². The number of hydrogen-bond donors (Lipinski definition) is 2. The van der Waals surface area contributed by atoms with E-state index in [1.54, 1.807) is 12.1 Å². The Morgan fingerprint density at radius 3 is 2.82 bits per heavy atom. The van der Waals surface area contributed by atoms with Crippen molar-refractivity contribution in [3.05, 3.63) is 52.6 Å². The van der Waals surface area contributed by atoms with E-state index in [1.807, 2.05) is 38.2 Å². The van der Waals surface area contributed by atoms with Crippen LogP contribution in [0.3, 0.4) is 0 Å². The van der Waals surface area contributed by atoms with E-state index >= 15 is 0 Å². The van der Waals surface area contributed by atoms with E-state index in [0.717, 1.165) is 4.47 Å². The SMILES string of the molecule is CNC(C)CNC(=O)c1ccc(Oc2cccc(Br)c2)nc1. The average molecular weight is 364 g/mol. The van der Waals surface area contributed by atoms with Gasteiger partial charge in [-0.2, -0.15) is 0 Å². The number of nitrogens with one attached hydrogen (secondary N) is 2. The van der Waals surface area contributed by atoms with Gasteiger partial charge in [0, 0.05) is 29.3 Å². The number of rotatable bonds is 6. The van der Waals surface area contributed by atoms with Gasteiger partial charge in [0.2, 0.25) is 5.88 Å². The molecule has 2 N–H and O–H groups in total. The lowest BCUT2D eigenvalue weighted by atomic mass is 10.2. The quantitative estimate of drug-likeness (QED) is 0.827. The standard InChI is InChI=1S/C16H18BrN3O2/c1-11(18-2)9-20-16(21)12-6-7-15(19-10-12)22-14-5-3-4-13(17)8-14/h3-8,10-11,18H,9H2,1-2H3,(H,20,21). The van der Waals surface area contributed by atoms with Gasteiger partial charge in [0.25, 0.3) is 5.91 Å². The first-order valence-corrected chi connectivity index (χ1v) is 7.72. The van der Waals surface area contributed by atoms with Crippen molar-refractivity contribution < 1.29 is 9.53 Å². The van der Waals surface area contributed by atoms with Crippen LogP contribution in [0.25, 0.3) is 0 Å². The predicted molar refractivity (Wildman–Crippen MR) is 89.3 cm³/mol. The molecule has 0 saturated carbocycles. The lowest BCUT2D eigenvalue weighted by molar-refractivity contribution is 0.0950. The Morgan fingerprint density at radius 1 is 1.36 bits per heavy atom. The Kier molecular flexibility index (Phi) is 5.91. The molecule has 116 valence electrons. The largest absolute Gasteiger partial charge is 0.439 e. The third kappa shape index (κ3) is 4.82. The topological polar surface area (TPSA) is 63.2 Å². The molecule has 22 heavy (non-hydrogen) atoms. The van der Waals surface area contributed by atoms with Crippen LogP contribution >= 0.6 is 15.9 Å². The minimum absolute atomic E-state index is 0.149. The van der Waals surface area contributed by atoms with Crippen LogP contribution in [0.15, 0.2) is 47.1 Å². The number of hydrogen-bond acceptors (Lipinski definition) is 4. The molecule has 6 heteroatoms. The Balaban J connectivity index is 1.96. The van der Waals surface area contributed by atoms with Crippen molar-refractivity contribution in [3.8, 4) is 11.6 Å². The fourth-order valence-electron chi connectivity index (χ4n) is 1.68. The minimum atomic E-state index is -0.149. The number of halogens is 1. The summed E-state index contributed by atoms with van der Waals surface area (Å²) in [7, 11) is 1.85. The molecule has 0 aliphatic heterocycles. The Hall–Kier alpha value is -1.92. The van der Waals surface area contributed by atoms with Crippen LogP contribution in [0.2, 0.25) is 0 Å². The van der Waals surface area contributed by atoms with E-state index in [0.29, 0.717) is 23.7 Å². The second-order valence-corrected chi connectivity index (χ2v) is 5.76. The zero-order chi connectivity index (χ0) is 15.9. The maximum absolute atomic E-state index is 12.0. The normalized spacial score (nSPS) is 11.8. The van der Waals surface area contributed by atoms with Crippen LogP contribution in [0, 0.1) is 0 Å². The molecule has 2 rings (SSSR count). The summed E-state index contributed by atoms with van der Waals surface area (Å²) in [4.78, 5) is 16.1. The second kappa shape index (κ2) is 7.91. The van der Waals surface area contributed by atoms with Crippen molar-refractivity contribution in [1.29, 1.82) is 0 Å². The van der Waals surface area contributed by atoms with Gasteiger partial charge < -0.3 is 15.4 Å². The zero-order valence-electron chi connectivity index (χ0n) is 12.5. The monoisotopic (exact) mass is 363 g/mol. The van der Waals surface area contributed by atoms with Crippen LogP contribution in [0.5, 0.6) is 11.6 Å². The summed E-state index contributed by atoms with van der Waals surface area (Å²) in [6, 6.07) is 11.1. The molecule has 0 fully saturated rings. The highest BCUT2D eigenvalue weighted by Gasteiger charge is 2.08. The molecule has 1 amide bonds. The lowest BCUT2D eigenvalue weighted by Gasteiger charge is -2.11. The van der Waals surface area contributed by atoms with Gasteiger partial charge in [0.1, 0.15) is 5.75 Å². The average Bonchev–Trinajstić information content (AvgIpc) is 2.53. The van der Waals surface area contributed by atoms with E-state index in [9.17, 15) is 4.79 Å². The molecule has 1 heterocycles. The van der Waals surface area contributed by atoms with Crippen molar-refractivity contribution in [2.75, 3.05) is 13.6 Å². The smallest absolute Gasteiger partial charge is 0.252 e. The maximum atomic E-state index is 12.0. The summed E-state index contributed by atoms with van der Waals surface area (Å²) in [5, 5.41) is 5.90. The first kappa shape index (κ1) is 16.5. The number of ether oxygens (including phenoxy) is 1. The number of likely N-dealkylation sites (N-methyl/N-ethyl adjacent to an activating group) is 1. The second-order valence-electron chi connectivity index (χ2n) is 4.84. The van der Waals surface area contributed by atoms with E-state index in [1.165, 1.54) is 6.20 Å². The van der Waals surface area contributed by atoms with Crippen molar-refractivity contribution in [2.45, 2.75) is 13.0 Å². The molecule has 0 saturated heterocycles. The Bertz CT molecular complexity index is 632. The van der Waals surface area contributed by atoms with Gasteiger partial charge in [-0.05, 0) is 38.2 Å². The van der Waals surface area contributed by atoms with E-state index in [2.05, 4.69) is 31.5 Å². The molecule has 1 aromatic heterocycles. The van der Waals surface area contributed by atoms with Crippen molar-refractivity contribution in [3.63, 3.8) is 0 Å². The minimum Gasteiger partial charge on any atom is -0.439 e. The van der Waals surface area contributed by atoms with Crippen LogP contribution in [0.4, 0.5) is 0 Å². The number of carbonyl (C=O) groups is 1. The molecule has 0 radical (unpaired) electrons. The van der Waals surface area contributed by atoms with Gasteiger partial charge in [-0.1, -0.05) is 22.0 Å². The molecule has 1 aromatic carbocycles. The zero-order valence-corrected chi connectivity index (χ0v) is 14.1. The number of nitrogens with zero attached hydrogens (tertiary/aromatic N) is 1. The van der Waals surface area contributed by atoms with Gasteiger partial charge in [-0.25, -0.2) is 4.98 Å². The van der Waals surface area contributed by atoms with Gasteiger partial charge >= 0.3 is 0 Å². The first-order chi connectivity index (χ1) is 10.6. The summed E-state index contributed by atoms with van der Waals surface area (Å²) >= 11 is 3.38. The van der Waals surface area contributed by atoms with Gasteiger partial charge in [0.05, 0.1) is 5.56 Å². The van der Waals surface area contributed by atoms with E-state index < -0.39 is 0 Å². The van der Waals surface area contributed by atoms with Crippen molar-refractivity contribution in [2.24, 2.45) is 0 Å². The summed E-state index contributed by atoms with van der Waals surface area (Å²) in [5.74, 6) is 0.976. The summed E-state index contributed by atoms with van der Waals surface area (Å²) in [6.45, 7) is 2.55. The van der Waals surface area contributed by atoms with Gasteiger partial charge in [-0.15, -0.1) is 0 Å². The Morgan fingerprint density at radius 2 is 2.18 bits per heavy atom. The highest BCUT2D eigenvalue weighted by Crippen LogP contribution is 2.22. The molecule has 0 aliphatic rings. The fourth-order valence-corrected chi connectivity index (χ4v) is 2.05. The first-order valence-electron chi connectivity index (χ1n) is 6.93. The number of pyridine rings is 1. The third-order valence-electron chi connectivity index (χ3n) is 3.08. The van der Waals surface area contributed by atoms with Crippen LogP contribution < -0.4 is 15.4 Å². The summed E-state index contributed by atoms with van der Waals surface area (Å²) in [5.41, 5.74) is 0.505. The third-order valence-corrected chi connectivity index (χ3v) is 3.57. The summed E-state index contributed by atoms with van der Waals surface area (Å²) < 4.78 is 6.56. The number of aromatic nitrogens is 1. The van der Waals surface area contributed by atoms with E-state index in [-0.39, 0.29) is 11.9 Å². The number of benzene rings is 1. The number of amides is 1. The molecular weight excluding hydrogens is 346 g/mol. The molecule has 0 bridgehead atoms. The lowest BCUT2D eigenvalue weighted by Crippen LogP contribution is -2.37. The highest BCUT2D eigenvalue weighted by atomic mass is 79.9. The van der Waals surface area contributed by atoms with Gasteiger partial charge in [0.15, 0.2) is 0 Å². The van der Waals surface area contributed by atoms with Gasteiger partial charge in [-0.3, -0.25) is 4.79 Å². The van der Waals surface area contributed by atoms with Crippen LogP contribution in [-0.4, -0.2) is 30.5 Å². The number of carbonyl (C=O) groups excluding carboxylic acids is 1. The molecule has 1 atom stereocenters. The maximum Gasteiger partial charge on any atom is 0.252 e. The highest BCUT2D eigenvalue weighted by molar-refractivity contribution is 9.10. The van der Waals surface area contributed by atoms with Crippen LogP contribution in [-0.2, 0) is 0 Å². The fraction of sp³-hybridized carbons (Fsp3) is 0.250. The molecule has 2 aromatic rings. The van der Waals surface area contributed by atoms with Crippen LogP contribution in [0.1, 0.15) is 17.3 Å². The molecule has 0 aliphatic carbocycles.